The molecular formula is C15H25NO. The van der Waals surface area contributed by atoms with Crippen LogP contribution in [0.2, 0.25) is 0 Å². The lowest BCUT2D eigenvalue weighted by atomic mass is 10.00. The number of nitrogens with one attached hydrogen (secondary N) is 1. The first-order chi connectivity index (χ1) is 8.13. The van der Waals surface area contributed by atoms with Crippen LogP contribution in [-0.4, -0.2) is 19.2 Å². The van der Waals surface area contributed by atoms with Crippen LogP contribution in [0.1, 0.15) is 44.7 Å². The number of hydrogen-bond donors (Lipinski definition) is 1. The Hall–Kier alpha value is -0.860. The van der Waals surface area contributed by atoms with E-state index in [1.54, 1.807) is 0 Å². The Morgan fingerprint density at radius 1 is 1.12 bits per heavy atom. The summed E-state index contributed by atoms with van der Waals surface area (Å²) in [6.07, 6.45) is 0. The number of hydrogen-bond acceptors (Lipinski definition) is 2. The summed E-state index contributed by atoms with van der Waals surface area (Å²) in [7, 11) is 0. The molecule has 0 aliphatic heterocycles. The van der Waals surface area contributed by atoms with E-state index in [0.717, 1.165) is 19.8 Å². The van der Waals surface area contributed by atoms with Gasteiger partial charge in [-0.3, -0.25) is 0 Å². The molecule has 1 atom stereocenters. The molecule has 0 saturated carbocycles. The van der Waals surface area contributed by atoms with Gasteiger partial charge in [-0.2, -0.15) is 0 Å². The highest BCUT2D eigenvalue weighted by Crippen LogP contribution is 2.15. The fourth-order valence-corrected chi connectivity index (χ4v) is 1.69. The molecule has 1 rings (SSSR count). The van der Waals surface area contributed by atoms with Gasteiger partial charge in [-0.05, 0) is 24.0 Å². The van der Waals surface area contributed by atoms with Gasteiger partial charge in [-0.25, -0.2) is 0 Å². The molecule has 0 bridgehead atoms. The third-order valence-electron chi connectivity index (χ3n) is 2.85. The monoisotopic (exact) mass is 235 g/mol. The summed E-state index contributed by atoms with van der Waals surface area (Å²) in [5.41, 5.74) is 2.64. The fourth-order valence-electron chi connectivity index (χ4n) is 1.69. The van der Waals surface area contributed by atoms with Crippen molar-refractivity contribution in [2.75, 3.05) is 13.2 Å². The van der Waals surface area contributed by atoms with Crippen molar-refractivity contribution < 1.29 is 4.74 Å². The lowest BCUT2D eigenvalue weighted by molar-refractivity contribution is 0.134. The first kappa shape index (κ1) is 14.2. The Bertz CT molecular complexity index is 305. The average molecular weight is 235 g/mol. The van der Waals surface area contributed by atoms with Crippen LogP contribution in [-0.2, 0) is 11.3 Å². The second-order valence-electron chi connectivity index (χ2n) is 4.84. The van der Waals surface area contributed by atoms with Gasteiger partial charge in [-0.1, -0.05) is 45.0 Å². The second-order valence-corrected chi connectivity index (χ2v) is 4.84. The Morgan fingerprint density at radius 2 is 1.76 bits per heavy atom. The predicted molar refractivity (Wildman–Crippen MR) is 73.3 cm³/mol. The normalized spacial score (nSPS) is 13.0. The van der Waals surface area contributed by atoms with Crippen molar-refractivity contribution in [1.29, 1.82) is 0 Å². The van der Waals surface area contributed by atoms with Crippen molar-refractivity contribution >= 4 is 0 Å². The molecule has 0 heterocycles. The molecule has 0 aliphatic rings. The maximum Gasteiger partial charge on any atom is 0.0716 e. The van der Waals surface area contributed by atoms with Gasteiger partial charge in [0, 0.05) is 19.2 Å². The minimum absolute atomic E-state index is 0.551. The van der Waals surface area contributed by atoms with Crippen molar-refractivity contribution in [3.05, 3.63) is 35.4 Å². The molecule has 1 aromatic carbocycles. The molecule has 0 amide bonds. The first-order valence-electron chi connectivity index (χ1n) is 6.53. The van der Waals surface area contributed by atoms with Gasteiger partial charge in [0.15, 0.2) is 0 Å². The van der Waals surface area contributed by atoms with E-state index in [0.29, 0.717) is 12.0 Å². The number of rotatable bonds is 7. The van der Waals surface area contributed by atoms with Gasteiger partial charge >= 0.3 is 0 Å². The van der Waals surface area contributed by atoms with Crippen LogP contribution in [0.25, 0.3) is 0 Å². The lowest BCUT2D eigenvalue weighted by Gasteiger charge is -2.15. The van der Waals surface area contributed by atoms with E-state index < -0.39 is 0 Å². The molecule has 1 unspecified atom stereocenters. The smallest absolute Gasteiger partial charge is 0.0716 e. The molecule has 0 saturated heterocycles. The number of ether oxygens (including phenoxy) is 1. The summed E-state index contributed by atoms with van der Waals surface area (Å²) in [6.45, 7) is 11.2. The molecule has 2 heteroatoms. The molecule has 17 heavy (non-hydrogen) atoms. The molecule has 0 radical (unpaired) electrons. The SMILES string of the molecule is CCOCc1ccc(C(C)CNC(C)C)cc1. The Morgan fingerprint density at radius 3 is 2.29 bits per heavy atom. The standard InChI is InChI=1S/C15H25NO/c1-5-17-11-14-6-8-15(9-7-14)13(4)10-16-12(2)3/h6-9,12-13,16H,5,10-11H2,1-4H3. The van der Waals surface area contributed by atoms with E-state index in [1.165, 1.54) is 11.1 Å². The molecular weight excluding hydrogens is 210 g/mol. The molecule has 1 N–H and O–H groups in total. The average Bonchev–Trinajstić information content (AvgIpc) is 2.34. The van der Waals surface area contributed by atoms with Crippen molar-refractivity contribution in [2.24, 2.45) is 0 Å². The Kier molecular flexibility index (Phi) is 6.23. The Balaban J connectivity index is 2.48. The molecule has 0 aliphatic carbocycles. The molecule has 0 aromatic heterocycles. The fraction of sp³-hybridized carbons (Fsp3) is 0.600. The minimum atomic E-state index is 0.551. The van der Waals surface area contributed by atoms with Gasteiger partial charge in [0.05, 0.1) is 6.61 Å². The van der Waals surface area contributed by atoms with Crippen LogP contribution in [0.5, 0.6) is 0 Å². The van der Waals surface area contributed by atoms with Crippen LogP contribution in [0.3, 0.4) is 0 Å². The highest BCUT2D eigenvalue weighted by Gasteiger charge is 2.05. The van der Waals surface area contributed by atoms with E-state index in [9.17, 15) is 0 Å². The van der Waals surface area contributed by atoms with Gasteiger partial charge in [0.1, 0.15) is 0 Å². The third-order valence-corrected chi connectivity index (χ3v) is 2.85. The van der Waals surface area contributed by atoms with E-state index in [4.69, 9.17) is 4.74 Å². The van der Waals surface area contributed by atoms with Crippen LogP contribution in [0, 0.1) is 0 Å². The van der Waals surface area contributed by atoms with Crippen molar-refractivity contribution in [1.82, 2.24) is 5.32 Å². The molecule has 0 spiro atoms. The first-order valence-corrected chi connectivity index (χ1v) is 6.53. The minimum Gasteiger partial charge on any atom is -0.377 e. The van der Waals surface area contributed by atoms with Gasteiger partial charge in [0.25, 0.3) is 0 Å². The maximum atomic E-state index is 5.39. The topological polar surface area (TPSA) is 21.3 Å². The van der Waals surface area contributed by atoms with Crippen LogP contribution in [0.4, 0.5) is 0 Å². The summed E-state index contributed by atoms with van der Waals surface area (Å²) >= 11 is 0. The van der Waals surface area contributed by atoms with Gasteiger partial charge in [-0.15, -0.1) is 0 Å². The zero-order valence-corrected chi connectivity index (χ0v) is 11.5. The summed E-state index contributed by atoms with van der Waals surface area (Å²) in [5, 5.41) is 3.47. The lowest BCUT2D eigenvalue weighted by Crippen LogP contribution is -2.26. The van der Waals surface area contributed by atoms with Crippen LogP contribution < -0.4 is 5.32 Å². The van der Waals surface area contributed by atoms with E-state index in [2.05, 4.69) is 50.4 Å². The highest BCUT2D eigenvalue weighted by molar-refractivity contribution is 5.24. The Labute approximate surface area is 105 Å². The van der Waals surface area contributed by atoms with Crippen molar-refractivity contribution in [3.63, 3.8) is 0 Å². The van der Waals surface area contributed by atoms with Gasteiger partial charge < -0.3 is 10.1 Å². The van der Waals surface area contributed by atoms with Crippen molar-refractivity contribution in [2.45, 2.75) is 46.3 Å². The largest absolute Gasteiger partial charge is 0.377 e. The summed E-state index contributed by atoms with van der Waals surface area (Å²) in [5.74, 6) is 0.554. The summed E-state index contributed by atoms with van der Waals surface area (Å²) in [6, 6.07) is 9.30. The number of benzene rings is 1. The summed E-state index contributed by atoms with van der Waals surface area (Å²) < 4.78 is 5.39. The van der Waals surface area contributed by atoms with E-state index >= 15 is 0 Å². The molecule has 96 valence electrons. The van der Waals surface area contributed by atoms with E-state index in [-0.39, 0.29) is 0 Å². The predicted octanol–water partition coefficient (Wildman–Crippen LogP) is 3.32. The van der Waals surface area contributed by atoms with Crippen molar-refractivity contribution in [3.8, 4) is 0 Å². The van der Waals surface area contributed by atoms with Crippen LogP contribution >= 0.6 is 0 Å². The quantitative estimate of drug-likeness (QED) is 0.782. The van der Waals surface area contributed by atoms with Crippen LogP contribution in [0.15, 0.2) is 24.3 Å². The third kappa shape index (κ3) is 5.33. The zero-order valence-electron chi connectivity index (χ0n) is 11.5. The zero-order chi connectivity index (χ0) is 12.7. The second kappa shape index (κ2) is 7.46. The summed E-state index contributed by atoms with van der Waals surface area (Å²) in [4.78, 5) is 0. The highest BCUT2D eigenvalue weighted by atomic mass is 16.5. The van der Waals surface area contributed by atoms with E-state index in [1.807, 2.05) is 6.92 Å². The molecule has 2 nitrogen and oxygen atoms in total. The molecule has 0 fully saturated rings. The van der Waals surface area contributed by atoms with Gasteiger partial charge in [0.2, 0.25) is 0 Å². The maximum absolute atomic E-state index is 5.39. The molecule has 1 aromatic rings.